The molecule has 2 aromatic heterocycles. The van der Waals surface area contributed by atoms with Gasteiger partial charge >= 0.3 is 12.3 Å². The van der Waals surface area contributed by atoms with Crippen LogP contribution in [0.25, 0.3) is 10.3 Å². The van der Waals surface area contributed by atoms with Crippen LogP contribution in [0, 0.1) is 0 Å². The molecule has 1 atom stereocenters. The van der Waals surface area contributed by atoms with Crippen LogP contribution in [0.3, 0.4) is 0 Å². The number of hydrogen-bond acceptors (Lipinski definition) is 10. The van der Waals surface area contributed by atoms with Crippen molar-refractivity contribution < 1.29 is 36.2 Å². The topological polar surface area (TPSA) is 152 Å². The van der Waals surface area contributed by atoms with Crippen molar-refractivity contribution >= 4 is 48.8 Å². The zero-order valence-corrected chi connectivity index (χ0v) is 18.1. The number of nitrogen functional groups attached to an aromatic ring is 1. The Kier molecular flexibility index (Phi) is 5.75. The average Bonchev–Trinajstić information content (AvgIpc) is 3.15. The number of carbonyl (C=O) groups is 1. The molecule has 1 fully saturated rings. The third-order valence-corrected chi connectivity index (χ3v) is 7.67. The Balaban J connectivity index is 1.57. The van der Waals surface area contributed by atoms with Crippen LogP contribution in [-0.4, -0.2) is 70.8 Å². The molecular weight excluding hydrogens is 489 g/mol. The number of thiazole rings is 1. The van der Waals surface area contributed by atoms with E-state index in [4.69, 9.17) is 5.73 Å². The Labute approximate surface area is 188 Å². The molecule has 1 saturated heterocycles. The second-order valence-electron chi connectivity index (χ2n) is 6.85. The van der Waals surface area contributed by atoms with E-state index in [9.17, 15) is 31.5 Å². The second-order valence-corrected chi connectivity index (χ2v) is 9.75. The first-order chi connectivity index (χ1) is 15.4. The van der Waals surface area contributed by atoms with Gasteiger partial charge in [-0.25, -0.2) is 13.4 Å². The van der Waals surface area contributed by atoms with Crippen molar-refractivity contribution in [1.82, 2.24) is 19.3 Å². The Morgan fingerprint density at radius 3 is 2.55 bits per heavy atom. The average molecular weight is 504 g/mol. The molecule has 3 aromatic rings. The smallest absolute Gasteiger partial charge is 0.480 e. The number of ether oxygens (including phenoxy) is 1. The van der Waals surface area contributed by atoms with E-state index in [1.165, 1.54) is 17.5 Å². The number of nitrogens with two attached hydrogens (primary N) is 1. The molecule has 1 aliphatic heterocycles. The van der Waals surface area contributed by atoms with E-state index in [-0.39, 0.29) is 30.5 Å². The predicted molar refractivity (Wildman–Crippen MR) is 110 cm³/mol. The lowest BCUT2D eigenvalue weighted by Gasteiger charge is -2.38. The van der Waals surface area contributed by atoms with Gasteiger partial charge in [-0.05, 0) is 24.3 Å². The molecule has 16 heteroatoms. The number of aromatic nitrogens is 3. The maximum Gasteiger partial charge on any atom is 0.573 e. The van der Waals surface area contributed by atoms with E-state index in [1.54, 1.807) is 4.90 Å². The summed E-state index contributed by atoms with van der Waals surface area (Å²) in [5.41, 5.74) is 5.89. The van der Waals surface area contributed by atoms with Gasteiger partial charge in [0.15, 0.2) is 10.8 Å². The standard InChI is InChI=1S/C17H15F3N6O5S2/c18-17(19,20)31-9-1-3-10(4-2-9)33(29,30)26-6-5-25(8-11(26)14(27)28)16-24-13-12(32-16)7-22-15(21)23-13/h1-4,7,11H,5-6,8H2,(H,27,28)(H2,21,22,23)/t11-/m1/s1. The molecule has 33 heavy (non-hydrogen) atoms. The number of piperazine rings is 1. The number of halogens is 3. The SMILES string of the molecule is Nc1ncc2sc(N3CCN(S(=O)(=O)c4ccc(OC(F)(F)F)cc4)[C@@H](C(=O)O)C3)nc2n1. The number of aliphatic carboxylic acids is 1. The largest absolute Gasteiger partial charge is 0.573 e. The molecule has 0 amide bonds. The molecule has 0 saturated carbocycles. The summed E-state index contributed by atoms with van der Waals surface area (Å²) in [4.78, 5) is 25.4. The molecule has 0 aliphatic carbocycles. The lowest BCUT2D eigenvalue weighted by Crippen LogP contribution is -2.58. The molecule has 0 unspecified atom stereocenters. The summed E-state index contributed by atoms with van der Waals surface area (Å²) in [6, 6.07) is 2.09. The zero-order chi connectivity index (χ0) is 24.0. The molecular formula is C17H15F3N6O5S2. The molecule has 3 N–H and O–H groups in total. The van der Waals surface area contributed by atoms with Crippen LogP contribution in [0.15, 0.2) is 35.4 Å². The van der Waals surface area contributed by atoms with E-state index >= 15 is 0 Å². The first-order valence-corrected chi connectivity index (χ1v) is 11.4. The minimum Gasteiger partial charge on any atom is -0.480 e. The maximum atomic E-state index is 13.1. The first kappa shape index (κ1) is 22.9. The van der Waals surface area contributed by atoms with Crippen LogP contribution < -0.4 is 15.4 Å². The van der Waals surface area contributed by atoms with Crippen LogP contribution in [0.4, 0.5) is 24.3 Å². The third kappa shape index (κ3) is 4.76. The Morgan fingerprint density at radius 1 is 1.21 bits per heavy atom. The minimum atomic E-state index is -4.93. The molecule has 3 heterocycles. The summed E-state index contributed by atoms with van der Waals surface area (Å²) >= 11 is 1.20. The van der Waals surface area contributed by atoms with E-state index in [1.807, 2.05) is 0 Å². The fourth-order valence-electron chi connectivity index (χ4n) is 3.25. The summed E-state index contributed by atoms with van der Waals surface area (Å²) in [7, 11) is -4.32. The lowest BCUT2D eigenvalue weighted by molar-refractivity contribution is -0.274. The Hall–Kier alpha value is -3.24. The lowest BCUT2D eigenvalue weighted by atomic mass is 10.2. The number of anilines is 2. The fourth-order valence-corrected chi connectivity index (χ4v) is 5.73. The summed E-state index contributed by atoms with van der Waals surface area (Å²) < 4.78 is 68.3. The van der Waals surface area contributed by atoms with Gasteiger partial charge < -0.3 is 20.5 Å². The highest BCUT2D eigenvalue weighted by molar-refractivity contribution is 7.89. The van der Waals surface area contributed by atoms with E-state index in [0.29, 0.717) is 15.5 Å². The predicted octanol–water partition coefficient (Wildman–Crippen LogP) is 1.53. The van der Waals surface area contributed by atoms with E-state index in [0.717, 1.165) is 28.6 Å². The summed E-state index contributed by atoms with van der Waals surface area (Å²) in [6.45, 7) is -0.266. The van der Waals surface area contributed by atoms with Gasteiger partial charge in [0.05, 0.1) is 15.8 Å². The Bertz CT molecular complexity index is 1300. The summed E-state index contributed by atoms with van der Waals surface area (Å²) in [6.07, 6.45) is -3.44. The van der Waals surface area contributed by atoms with Gasteiger partial charge in [0, 0.05) is 19.6 Å². The summed E-state index contributed by atoms with van der Waals surface area (Å²) in [5, 5.41) is 10.1. The van der Waals surface area contributed by atoms with Gasteiger partial charge in [-0.3, -0.25) is 4.79 Å². The number of nitrogens with zero attached hydrogens (tertiary/aromatic N) is 5. The van der Waals surface area contributed by atoms with Gasteiger partial charge in [0.1, 0.15) is 11.8 Å². The van der Waals surface area contributed by atoms with Crippen LogP contribution >= 0.6 is 11.3 Å². The van der Waals surface area contributed by atoms with Crippen LogP contribution in [0.1, 0.15) is 0 Å². The van der Waals surface area contributed by atoms with Crippen molar-refractivity contribution in [3.05, 3.63) is 30.5 Å². The monoisotopic (exact) mass is 504 g/mol. The minimum absolute atomic E-state index is 0.0327. The highest BCUT2D eigenvalue weighted by atomic mass is 32.2. The van der Waals surface area contributed by atoms with Crippen LogP contribution in [0.5, 0.6) is 5.75 Å². The van der Waals surface area contributed by atoms with Crippen molar-refractivity contribution in [2.45, 2.75) is 17.3 Å². The Morgan fingerprint density at radius 2 is 1.91 bits per heavy atom. The van der Waals surface area contributed by atoms with Gasteiger partial charge in [-0.15, -0.1) is 13.2 Å². The number of alkyl halides is 3. The molecule has 11 nitrogen and oxygen atoms in total. The number of fused-ring (bicyclic) bond motifs is 1. The molecule has 1 aromatic carbocycles. The second kappa shape index (κ2) is 8.27. The van der Waals surface area contributed by atoms with Gasteiger partial charge in [-0.2, -0.15) is 14.3 Å². The molecule has 0 spiro atoms. The molecule has 0 radical (unpaired) electrons. The van der Waals surface area contributed by atoms with Crippen molar-refractivity contribution in [1.29, 1.82) is 0 Å². The molecule has 4 rings (SSSR count). The normalized spacial score (nSPS) is 17.9. The number of carboxylic acids is 1. The number of rotatable bonds is 5. The van der Waals surface area contributed by atoms with Crippen molar-refractivity contribution in [2.24, 2.45) is 0 Å². The third-order valence-electron chi connectivity index (χ3n) is 4.71. The van der Waals surface area contributed by atoms with Crippen LogP contribution in [0.2, 0.25) is 0 Å². The van der Waals surface area contributed by atoms with Gasteiger partial charge in [-0.1, -0.05) is 11.3 Å². The molecule has 1 aliphatic rings. The van der Waals surface area contributed by atoms with Crippen molar-refractivity contribution in [2.75, 3.05) is 30.3 Å². The highest BCUT2D eigenvalue weighted by Crippen LogP contribution is 2.31. The number of hydrogen-bond donors (Lipinski definition) is 2. The first-order valence-electron chi connectivity index (χ1n) is 9.18. The summed E-state index contributed by atoms with van der Waals surface area (Å²) in [5.74, 6) is -1.95. The maximum absolute atomic E-state index is 13.1. The van der Waals surface area contributed by atoms with Crippen molar-refractivity contribution in [3.63, 3.8) is 0 Å². The number of sulfonamides is 1. The highest BCUT2D eigenvalue weighted by Gasteiger charge is 2.41. The fraction of sp³-hybridized carbons (Fsp3) is 0.294. The quantitative estimate of drug-likeness (QED) is 0.523. The number of benzene rings is 1. The van der Waals surface area contributed by atoms with Crippen molar-refractivity contribution in [3.8, 4) is 5.75 Å². The van der Waals surface area contributed by atoms with Crippen LogP contribution in [-0.2, 0) is 14.8 Å². The molecule has 0 bridgehead atoms. The zero-order valence-electron chi connectivity index (χ0n) is 16.4. The van der Waals surface area contributed by atoms with E-state index in [2.05, 4.69) is 19.7 Å². The number of carboxylic acid groups (broad SMARTS) is 1. The van der Waals surface area contributed by atoms with Gasteiger partial charge in [0.2, 0.25) is 16.0 Å². The van der Waals surface area contributed by atoms with Gasteiger partial charge in [0.25, 0.3) is 0 Å². The van der Waals surface area contributed by atoms with E-state index < -0.39 is 34.1 Å². The molecule has 176 valence electrons.